The lowest BCUT2D eigenvalue weighted by Gasteiger charge is -2.13. The Bertz CT molecular complexity index is 938. The molecule has 0 atom stereocenters. The van der Waals surface area contributed by atoms with Crippen LogP contribution in [0.25, 0.3) is 16.9 Å². The third kappa shape index (κ3) is 2.28. The normalized spacial score (nSPS) is 11.8. The van der Waals surface area contributed by atoms with Crippen molar-refractivity contribution in [2.75, 3.05) is 0 Å². The van der Waals surface area contributed by atoms with Gasteiger partial charge in [0, 0.05) is 12.7 Å². The first-order chi connectivity index (χ1) is 11.4. The Hall–Kier alpha value is -2.37. The number of rotatable bonds is 4. The largest absolute Gasteiger partial charge is 0.361 e. The van der Waals surface area contributed by atoms with Crippen molar-refractivity contribution >= 4 is 5.52 Å². The molecule has 0 radical (unpaired) electrons. The minimum Gasteiger partial charge on any atom is -0.361 e. The lowest BCUT2D eigenvalue weighted by atomic mass is 9.95. The van der Waals surface area contributed by atoms with Crippen LogP contribution in [-0.4, -0.2) is 19.3 Å². The predicted molar refractivity (Wildman–Crippen MR) is 93.5 cm³/mol. The van der Waals surface area contributed by atoms with Crippen molar-refractivity contribution in [3.05, 3.63) is 39.1 Å². The van der Waals surface area contributed by atoms with E-state index in [1.807, 2.05) is 20.8 Å². The SMILES string of the molecule is CCC(CC)c1cc(C)n2nc(-c3c(C)noc3C)n(C)c(=O)c12. The molecule has 3 rings (SSSR count). The Kier molecular flexibility index (Phi) is 4.07. The van der Waals surface area contributed by atoms with E-state index in [0.717, 1.165) is 35.4 Å². The van der Waals surface area contributed by atoms with E-state index in [0.29, 0.717) is 23.0 Å². The summed E-state index contributed by atoms with van der Waals surface area (Å²) in [6, 6.07) is 2.10. The van der Waals surface area contributed by atoms with Crippen LogP contribution >= 0.6 is 0 Å². The summed E-state index contributed by atoms with van der Waals surface area (Å²) in [4.78, 5) is 13.1. The topological polar surface area (TPSA) is 65.3 Å². The highest BCUT2D eigenvalue weighted by Crippen LogP contribution is 2.29. The van der Waals surface area contributed by atoms with Gasteiger partial charge in [0.05, 0.1) is 11.3 Å². The quantitative estimate of drug-likeness (QED) is 0.735. The summed E-state index contributed by atoms with van der Waals surface area (Å²) >= 11 is 0. The lowest BCUT2D eigenvalue weighted by Crippen LogP contribution is -2.24. The average molecular weight is 328 g/mol. The monoisotopic (exact) mass is 328 g/mol. The number of aryl methyl sites for hydroxylation is 3. The molecule has 0 bridgehead atoms. The van der Waals surface area contributed by atoms with Gasteiger partial charge < -0.3 is 4.52 Å². The van der Waals surface area contributed by atoms with Gasteiger partial charge in [-0.15, -0.1) is 5.10 Å². The Labute approximate surface area is 141 Å². The van der Waals surface area contributed by atoms with Gasteiger partial charge in [-0.25, -0.2) is 4.52 Å². The van der Waals surface area contributed by atoms with Crippen LogP contribution in [0.2, 0.25) is 0 Å². The fourth-order valence-corrected chi connectivity index (χ4v) is 3.47. The average Bonchev–Trinajstić information content (AvgIpc) is 3.05. The van der Waals surface area contributed by atoms with Crippen LogP contribution in [-0.2, 0) is 7.05 Å². The number of hydrogen-bond acceptors (Lipinski definition) is 4. The van der Waals surface area contributed by atoms with Gasteiger partial charge in [0.25, 0.3) is 5.56 Å². The molecule has 6 nitrogen and oxygen atoms in total. The molecule has 0 aromatic carbocycles. The number of fused-ring (bicyclic) bond motifs is 1. The predicted octanol–water partition coefficient (Wildman–Crippen LogP) is 3.52. The standard InChI is InChI=1S/C18H24N4O2/c1-7-13(8-2)14-9-10(3)22-16(14)18(23)21(6)17(19-22)15-11(4)20-24-12(15)5/h9,13H,7-8H2,1-6H3. The van der Waals surface area contributed by atoms with E-state index >= 15 is 0 Å². The van der Waals surface area contributed by atoms with Crippen molar-refractivity contribution in [1.29, 1.82) is 0 Å². The fourth-order valence-electron chi connectivity index (χ4n) is 3.47. The highest BCUT2D eigenvalue weighted by Gasteiger charge is 2.23. The highest BCUT2D eigenvalue weighted by molar-refractivity contribution is 5.64. The molecule has 3 heterocycles. The molecular weight excluding hydrogens is 304 g/mol. The first-order valence-electron chi connectivity index (χ1n) is 8.43. The fraction of sp³-hybridized carbons (Fsp3) is 0.500. The zero-order chi connectivity index (χ0) is 17.6. The second kappa shape index (κ2) is 5.92. The van der Waals surface area contributed by atoms with E-state index in [-0.39, 0.29) is 5.56 Å². The van der Waals surface area contributed by atoms with Crippen molar-refractivity contribution in [2.24, 2.45) is 7.05 Å². The van der Waals surface area contributed by atoms with E-state index in [2.05, 4.69) is 25.1 Å². The van der Waals surface area contributed by atoms with Gasteiger partial charge >= 0.3 is 0 Å². The maximum Gasteiger partial charge on any atom is 0.278 e. The van der Waals surface area contributed by atoms with E-state index < -0.39 is 0 Å². The van der Waals surface area contributed by atoms with Crippen LogP contribution in [0.5, 0.6) is 0 Å². The van der Waals surface area contributed by atoms with Gasteiger partial charge in [-0.2, -0.15) is 0 Å². The maximum absolute atomic E-state index is 13.1. The molecule has 0 unspecified atom stereocenters. The van der Waals surface area contributed by atoms with Crippen molar-refractivity contribution < 1.29 is 4.52 Å². The number of nitrogens with zero attached hydrogens (tertiary/aromatic N) is 4. The molecule has 128 valence electrons. The Morgan fingerprint density at radius 2 is 1.88 bits per heavy atom. The van der Waals surface area contributed by atoms with E-state index in [1.54, 1.807) is 16.1 Å². The molecule has 0 amide bonds. The Morgan fingerprint density at radius 1 is 1.21 bits per heavy atom. The molecule has 6 heteroatoms. The molecule has 3 aromatic heterocycles. The zero-order valence-corrected chi connectivity index (χ0v) is 15.2. The Morgan fingerprint density at radius 3 is 2.42 bits per heavy atom. The molecule has 0 N–H and O–H groups in total. The second-order valence-electron chi connectivity index (χ2n) is 6.40. The van der Waals surface area contributed by atoms with Gasteiger partial charge in [-0.1, -0.05) is 19.0 Å². The summed E-state index contributed by atoms with van der Waals surface area (Å²) < 4.78 is 8.63. The summed E-state index contributed by atoms with van der Waals surface area (Å²) in [6.45, 7) is 10.00. The first-order valence-corrected chi connectivity index (χ1v) is 8.43. The molecule has 0 aliphatic rings. The summed E-state index contributed by atoms with van der Waals surface area (Å²) in [5.74, 6) is 1.62. The first kappa shape index (κ1) is 16.5. The smallest absolute Gasteiger partial charge is 0.278 e. The minimum absolute atomic E-state index is 0.0324. The summed E-state index contributed by atoms with van der Waals surface area (Å²) in [5.41, 5.74) is 4.23. The highest BCUT2D eigenvalue weighted by atomic mass is 16.5. The van der Waals surface area contributed by atoms with E-state index in [9.17, 15) is 4.79 Å². The molecule has 24 heavy (non-hydrogen) atoms. The summed E-state index contributed by atoms with van der Waals surface area (Å²) in [6.07, 6.45) is 2.01. The van der Waals surface area contributed by atoms with Crippen molar-refractivity contribution in [2.45, 2.75) is 53.4 Å². The van der Waals surface area contributed by atoms with Crippen LogP contribution in [0, 0.1) is 20.8 Å². The number of hydrogen-bond donors (Lipinski definition) is 0. The molecule has 0 spiro atoms. The molecule has 3 aromatic rings. The van der Waals surface area contributed by atoms with E-state index in [4.69, 9.17) is 9.62 Å². The van der Waals surface area contributed by atoms with Gasteiger partial charge in [-0.05, 0) is 51.2 Å². The third-order valence-corrected chi connectivity index (χ3v) is 4.89. The number of aromatic nitrogens is 4. The van der Waals surface area contributed by atoms with Crippen molar-refractivity contribution in [3.8, 4) is 11.4 Å². The van der Waals surface area contributed by atoms with Gasteiger partial charge in [0.1, 0.15) is 11.3 Å². The van der Waals surface area contributed by atoms with Crippen LogP contribution in [0.1, 0.15) is 55.3 Å². The van der Waals surface area contributed by atoms with Crippen molar-refractivity contribution in [3.63, 3.8) is 0 Å². The van der Waals surface area contributed by atoms with Crippen LogP contribution in [0.4, 0.5) is 0 Å². The van der Waals surface area contributed by atoms with E-state index in [1.165, 1.54) is 0 Å². The van der Waals surface area contributed by atoms with Crippen LogP contribution in [0.3, 0.4) is 0 Å². The maximum atomic E-state index is 13.1. The van der Waals surface area contributed by atoms with Gasteiger partial charge in [0.15, 0.2) is 5.82 Å². The summed E-state index contributed by atoms with van der Waals surface area (Å²) in [7, 11) is 1.76. The second-order valence-corrected chi connectivity index (χ2v) is 6.40. The summed E-state index contributed by atoms with van der Waals surface area (Å²) in [5, 5.41) is 8.74. The van der Waals surface area contributed by atoms with Crippen LogP contribution in [0.15, 0.2) is 15.4 Å². The zero-order valence-electron chi connectivity index (χ0n) is 15.2. The molecule has 0 aliphatic heterocycles. The molecule has 0 saturated heterocycles. The molecule has 0 saturated carbocycles. The third-order valence-electron chi connectivity index (χ3n) is 4.89. The molecular formula is C18H24N4O2. The van der Waals surface area contributed by atoms with Gasteiger partial charge in [0.2, 0.25) is 0 Å². The molecule has 0 aliphatic carbocycles. The Balaban J connectivity index is 2.37. The van der Waals surface area contributed by atoms with Gasteiger partial charge in [-0.3, -0.25) is 9.36 Å². The van der Waals surface area contributed by atoms with Crippen LogP contribution < -0.4 is 5.56 Å². The van der Waals surface area contributed by atoms with Crippen molar-refractivity contribution in [1.82, 2.24) is 19.3 Å². The molecule has 0 fully saturated rings. The lowest BCUT2D eigenvalue weighted by molar-refractivity contribution is 0.393. The minimum atomic E-state index is -0.0324.